The van der Waals surface area contributed by atoms with E-state index in [0.29, 0.717) is 23.9 Å². The van der Waals surface area contributed by atoms with Gasteiger partial charge < -0.3 is 14.6 Å². The number of piperidine rings is 1. The Morgan fingerprint density at radius 3 is 2.56 bits per heavy atom. The van der Waals surface area contributed by atoms with Gasteiger partial charge in [0, 0.05) is 25.2 Å². The van der Waals surface area contributed by atoms with Crippen molar-refractivity contribution < 1.29 is 9.21 Å². The monoisotopic (exact) mass is 248 g/mol. The van der Waals surface area contributed by atoms with Crippen LogP contribution in [0.3, 0.4) is 0 Å². The van der Waals surface area contributed by atoms with Gasteiger partial charge in [-0.25, -0.2) is 0 Å². The molecule has 0 radical (unpaired) electrons. The van der Waals surface area contributed by atoms with E-state index in [1.165, 1.54) is 12.8 Å². The maximum absolute atomic E-state index is 12.3. The summed E-state index contributed by atoms with van der Waals surface area (Å²) in [7, 11) is 1.90. The standard InChI is InChI=1S/C14H20N2O2/c1-9-3-6-13(18-9)14(17)16(2)12-7-10-4-5-11(8-12)15-10/h3,6,10-12,15H,4-5,7-8H2,1-2H3. The van der Waals surface area contributed by atoms with Crippen molar-refractivity contribution in [2.75, 3.05) is 7.05 Å². The highest BCUT2D eigenvalue weighted by atomic mass is 16.3. The second kappa shape index (κ2) is 4.43. The van der Waals surface area contributed by atoms with Crippen LogP contribution in [0.5, 0.6) is 0 Å². The Labute approximate surface area is 107 Å². The van der Waals surface area contributed by atoms with Crippen molar-refractivity contribution in [3.8, 4) is 0 Å². The number of fused-ring (bicyclic) bond motifs is 2. The van der Waals surface area contributed by atoms with Gasteiger partial charge in [-0.05, 0) is 44.7 Å². The molecule has 18 heavy (non-hydrogen) atoms. The molecular weight excluding hydrogens is 228 g/mol. The van der Waals surface area contributed by atoms with Gasteiger partial charge in [0.25, 0.3) is 5.91 Å². The number of aryl methyl sites for hydroxylation is 1. The first kappa shape index (κ1) is 11.8. The molecule has 1 aromatic heterocycles. The number of amides is 1. The minimum Gasteiger partial charge on any atom is -0.456 e. The smallest absolute Gasteiger partial charge is 0.289 e. The van der Waals surface area contributed by atoms with Crippen LogP contribution >= 0.6 is 0 Å². The fraction of sp³-hybridized carbons (Fsp3) is 0.643. The van der Waals surface area contributed by atoms with E-state index in [1.807, 2.05) is 24.9 Å². The van der Waals surface area contributed by atoms with Crippen LogP contribution in [0.25, 0.3) is 0 Å². The zero-order valence-electron chi connectivity index (χ0n) is 11.0. The largest absolute Gasteiger partial charge is 0.456 e. The van der Waals surface area contributed by atoms with Crippen LogP contribution in [-0.4, -0.2) is 36.0 Å². The first-order valence-corrected chi connectivity index (χ1v) is 6.73. The number of rotatable bonds is 2. The van der Waals surface area contributed by atoms with E-state index in [4.69, 9.17) is 4.42 Å². The Morgan fingerprint density at radius 1 is 1.33 bits per heavy atom. The third-order valence-corrected chi connectivity index (χ3v) is 4.27. The average molecular weight is 248 g/mol. The van der Waals surface area contributed by atoms with Crippen molar-refractivity contribution in [3.05, 3.63) is 23.7 Å². The van der Waals surface area contributed by atoms with Gasteiger partial charge in [-0.1, -0.05) is 0 Å². The van der Waals surface area contributed by atoms with Gasteiger partial charge in [0.15, 0.2) is 5.76 Å². The molecule has 2 atom stereocenters. The minimum atomic E-state index is 0.00870. The number of hydrogen-bond acceptors (Lipinski definition) is 3. The SMILES string of the molecule is Cc1ccc(C(=O)N(C)C2CC3CCC(C2)N3)o1. The molecule has 2 unspecified atom stereocenters. The van der Waals surface area contributed by atoms with Crippen molar-refractivity contribution >= 4 is 5.91 Å². The third kappa shape index (κ3) is 2.05. The predicted molar refractivity (Wildman–Crippen MR) is 68.5 cm³/mol. The van der Waals surface area contributed by atoms with E-state index < -0.39 is 0 Å². The van der Waals surface area contributed by atoms with Crippen molar-refractivity contribution in [3.63, 3.8) is 0 Å². The molecule has 4 nitrogen and oxygen atoms in total. The summed E-state index contributed by atoms with van der Waals surface area (Å²) in [5.41, 5.74) is 0. The zero-order chi connectivity index (χ0) is 12.7. The topological polar surface area (TPSA) is 45.5 Å². The lowest BCUT2D eigenvalue weighted by molar-refractivity contribution is 0.0648. The summed E-state index contributed by atoms with van der Waals surface area (Å²) in [6.45, 7) is 1.86. The molecule has 2 bridgehead atoms. The maximum atomic E-state index is 12.3. The Morgan fingerprint density at radius 2 is 2.00 bits per heavy atom. The van der Waals surface area contributed by atoms with Gasteiger partial charge in [-0.2, -0.15) is 0 Å². The van der Waals surface area contributed by atoms with Crippen molar-refractivity contribution in [2.45, 2.75) is 50.7 Å². The summed E-state index contributed by atoms with van der Waals surface area (Å²) in [5.74, 6) is 1.26. The zero-order valence-corrected chi connectivity index (χ0v) is 11.0. The van der Waals surface area contributed by atoms with E-state index in [0.717, 1.165) is 18.6 Å². The predicted octanol–water partition coefficient (Wildman–Crippen LogP) is 1.94. The first-order valence-electron chi connectivity index (χ1n) is 6.73. The number of nitrogens with zero attached hydrogens (tertiary/aromatic N) is 1. The fourth-order valence-electron chi connectivity index (χ4n) is 3.23. The summed E-state index contributed by atoms with van der Waals surface area (Å²) < 4.78 is 5.42. The molecular formula is C14H20N2O2. The van der Waals surface area contributed by atoms with Gasteiger partial charge in [-0.3, -0.25) is 4.79 Å². The van der Waals surface area contributed by atoms with E-state index in [9.17, 15) is 4.79 Å². The highest BCUT2D eigenvalue weighted by Gasteiger charge is 2.36. The lowest BCUT2D eigenvalue weighted by atomic mass is 9.98. The van der Waals surface area contributed by atoms with Crippen LogP contribution in [0.1, 0.15) is 42.0 Å². The van der Waals surface area contributed by atoms with Gasteiger partial charge in [0.05, 0.1) is 0 Å². The molecule has 0 saturated carbocycles. The van der Waals surface area contributed by atoms with Crippen LogP contribution < -0.4 is 5.32 Å². The van der Waals surface area contributed by atoms with Crippen LogP contribution in [0, 0.1) is 6.92 Å². The van der Waals surface area contributed by atoms with Gasteiger partial charge >= 0.3 is 0 Å². The Hall–Kier alpha value is -1.29. The lowest BCUT2D eigenvalue weighted by Gasteiger charge is -2.35. The molecule has 2 aliphatic rings. The van der Waals surface area contributed by atoms with E-state index in [-0.39, 0.29) is 5.91 Å². The summed E-state index contributed by atoms with van der Waals surface area (Å²) in [6, 6.07) is 5.16. The quantitative estimate of drug-likeness (QED) is 0.870. The van der Waals surface area contributed by atoms with Crippen LogP contribution in [0.15, 0.2) is 16.5 Å². The Bertz CT molecular complexity index is 442. The Balaban J connectivity index is 1.70. The van der Waals surface area contributed by atoms with Crippen LogP contribution in [0.4, 0.5) is 0 Å². The first-order chi connectivity index (χ1) is 8.63. The van der Waals surface area contributed by atoms with E-state index in [1.54, 1.807) is 6.07 Å². The average Bonchev–Trinajstić information content (AvgIpc) is 2.94. The molecule has 0 spiro atoms. The third-order valence-electron chi connectivity index (χ3n) is 4.27. The highest BCUT2D eigenvalue weighted by molar-refractivity contribution is 5.91. The lowest BCUT2D eigenvalue weighted by Crippen LogP contribution is -2.48. The normalized spacial score (nSPS) is 30.4. The molecule has 1 amide bonds. The van der Waals surface area contributed by atoms with E-state index in [2.05, 4.69) is 5.32 Å². The minimum absolute atomic E-state index is 0.00870. The van der Waals surface area contributed by atoms with Gasteiger partial charge in [0.1, 0.15) is 5.76 Å². The maximum Gasteiger partial charge on any atom is 0.289 e. The number of carbonyl (C=O) groups is 1. The second-order valence-corrected chi connectivity index (χ2v) is 5.59. The van der Waals surface area contributed by atoms with Crippen molar-refractivity contribution in [1.82, 2.24) is 10.2 Å². The molecule has 2 fully saturated rings. The molecule has 4 heteroatoms. The summed E-state index contributed by atoms with van der Waals surface area (Å²) in [5, 5.41) is 3.60. The van der Waals surface area contributed by atoms with E-state index >= 15 is 0 Å². The van der Waals surface area contributed by atoms with Gasteiger partial charge in [-0.15, -0.1) is 0 Å². The fourth-order valence-corrected chi connectivity index (χ4v) is 3.23. The molecule has 1 N–H and O–H groups in total. The van der Waals surface area contributed by atoms with Gasteiger partial charge in [0.2, 0.25) is 0 Å². The molecule has 0 aromatic carbocycles. The Kier molecular flexibility index (Phi) is 2.90. The molecule has 3 rings (SSSR count). The molecule has 1 aromatic rings. The summed E-state index contributed by atoms with van der Waals surface area (Å²) >= 11 is 0. The molecule has 98 valence electrons. The highest BCUT2D eigenvalue weighted by Crippen LogP contribution is 2.29. The molecule has 0 aliphatic carbocycles. The van der Waals surface area contributed by atoms with Crippen molar-refractivity contribution in [1.29, 1.82) is 0 Å². The van der Waals surface area contributed by atoms with Crippen molar-refractivity contribution in [2.24, 2.45) is 0 Å². The second-order valence-electron chi connectivity index (χ2n) is 5.59. The van der Waals surface area contributed by atoms with Crippen LogP contribution in [0.2, 0.25) is 0 Å². The summed E-state index contributed by atoms with van der Waals surface area (Å²) in [6.07, 6.45) is 4.64. The number of hydrogen-bond donors (Lipinski definition) is 1. The number of carbonyl (C=O) groups excluding carboxylic acids is 1. The molecule has 3 heterocycles. The number of nitrogens with one attached hydrogen (secondary N) is 1. The molecule has 2 saturated heterocycles. The van der Waals surface area contributed by atoms with Crippen LogP contribution in [-0.2, 0) is 0 Å². The number of furan rings is 1. The summed E-state index contributed by atoms with van der Waals surface area (Å²) in [4.78, 5) is 14.2. The molecule has 2 aliphatic heterocycles.